The molecule has 0 saturated carbocycles. The maximum atomic E-state index is 12.4. The van der Waals surface area contributed by atoms with E-state index >= 15 is 0 Å². The van der Waals surface area contributed by atoms with Crippen LogP contribution in [-0.4, -0.2) is 52.6 Å². The summed E-state index contributed by atoms with van der Waals surface area (Å²) in [6.45, 7) is 3.90. The first kappa shape index (κ1) is 26.0. The van der Waals surface area contributed by atoms with E-state index in [-0.39, 0.29) is 12.0 Å². The van der Waals surface area contributed by atoms with E-state index in [0.717, 1.165) is 10.8 Å². The van der Waals surface area contributed by atoms with E-state index in [0.29, 0.717) is 4.57 Å². The number of aryl methyl sites for hydroxylation is 1. The number of aliphatic hydroxyl groups is 1. The normalized spacial score (nSPS) is 25.7. The number of ether oxygens (including phenoxy) is 1. The Bertz CT molecular complexity index is 1100. The lowest BCUT2D eigenvalue weighted by Gasteiger charge is -2.19. The molecular weight excluding hydrogens is 489 g/mol. The van der Waals surface area contributed by atoms with E-state index in [4.69, 9.17) is 19.4 Å². The van der Waals surface area contributed by atoms with Crippen molar-refractivity contribution in [3.8, 4) is 0 Å². The molecule has 2 heterocycles. The number of aromatic nitrogens is 2. The second-order valence-corrected chi connectivity index (χ2v) is 10.6. The SMILES string of the molecule is C=Cn1c(=O)c(C)cn([C@H]2C[C@@H](O)C(COP(=O)(O)OP(=O)(O)OP(=O)(O)O)O2)c1=O. The van der Waals surface area contributed by atoms with Crippen molar-refractivity contribution in [1.82, 2.24) is 9.13 Å². The highest BCUT2D eigenvalue weighted by Gasteiger charge is 2.43. The first-order chi connectivity index (χ1) is 14.1. The molecular formula is C12H19N2O14P3. The number of rotatable bonds is 9. The van der Waals surface area contributed by atoms with E-state index in [1.807, 2.05) is 0 Å². The van der Waals surface area contributed by atoms with Gasteiger partial charge in [0.05, 0.1) is 12.7 Å². The van der Waals surface area contributed by atoms with Crippen LogP contribution in [0.3, 0.4) is 0 Å². The monoisotopic (exact) mass is 508 g/mol. The smallest absolute Gasteiger partial charge is 0.390 e. The molecule has 1 saturated heterocycles. The Hall–Kier alpha value is -1.25. The van der Waals surface area contributed by atoms with Crippen molar-refractivity contribution in [3.05, 3.63) is 39.2 Å². The Morgan fingerprint density at radius 1 is 1.19 bits per heavy atom. The number of aliphatic hydroxyl groups excluding tert-OH is 1. The summed E-state index contributed by atoms with van der Waals surface area (Å²) in [7, 11) is -16.6. The molecule has 31 heavy (non-hydrogen) atoms. The van der Waals surface area contributed by atoms with Crippen LogP contribution in [0.15, 0.2) is 22.4 Å². The van der Waals surface area contributed by atoms with Crippen molar-refractivity contribution < 1.29 is 56.3 Å². The Kier molecular flexibility index (Phi) is 7.81. The minimum Gasteiger partial charge on any atom is -0.390 e. The van der Waals surface area contributed by atoms with Crippen molar-refractivity contribution in [3.63, 3.8) is 0 Å². The van der Waals surface area contributed by atoms with Crippen LogP contribution in [0, 0.1) is 6.92 Å². The number of nitrogens with zero attached hydrogens (tertiary/aromatic N) is 2. The first-order valence-corrected chi connectivity index (χ1v) is 12.7. The molecule has 0 amide bonds. The average molecular weight is 508 g/mol. The van der Waals surface area contributed by atoms with Gasteiger partial charge in [-0.05, 0) is 6.92 Å². The summed E-state index contributed by atoms with van der Waals surface area (Å²) in [6, 6.07) is 0. The standard InChI is InChI=1S/C12H19N2O14P3/c1-3-13-11(16)7(2)5-14(12(13)17)10-4-8(15)9(26-10)6-25-30(21,22)28-31(23,24)27-29(18,19)20/h3,5,8-10,15H,1,4,6H2,2H3,(H,21,22)(H,23,24)(H2,18,19,20)/t8-,9?,10-/m1/s1. The average Bonchev–Trinajstić information content (AvgIpc) is 2.94. The van der Waals surface area contributed by atoms with Crippen LogP contribution >= 0.6 is 23.5 Å². The molecule has 5 atom stereocenters. The summed E-state index contributed by atoms with van der Waals surface area (Å²) in [5, 5.41) is 10.1. The van der Waals surface area contributed by atoms with Gasteiger partial charge in [0.15, 0.2) is 0 Å². The van der Waals surface area contributed by atoms with Crippen LogP contribution < -0.4 is 11.2 Å². The third-order valence-corrected chi connectivity index (χ3v) is 7.63. The predicted molar refractivity (Wildman–Crippen MR) is 100 cm³/mol. The van der Waals surface area contributed by atoms with Crippen LogP contribution in [-0.2, 0) is 31.6 Å². The number of hydrogen-bond donors (Lipinski definition) is 5. The highest BCUT2D eigenvalue weighted by molar-refractivity contribution is 7.66. The highest BCUT2D eigenvalue weighted by Crippen LogP contribution is 2.66. The van der Waals surface area contributed by atoms with Crippen LogP contribution in [0.1, 0.15) is 18.2 Å². The van der Waals surface area contributed by atoms with Crippen LogP contribution in [0.25, 0.3) is 6.20 Å². The van der Waals surface area contributed by atoms with Crippen molar-refractivity contribution in [2.75, 3.05) is 6.61 Å². The maximum Gasteiger partial charge on any atom is 0.490 e. The molecule has 0 aliphatic carbocycles. The lowest BCUT2D eigenvalue weighted by Crippen LogP contribution is -2.39. The zero-order valence-corrected chi connectivity index (χ0v) is 18.3. The fraction of sp³-hybridized carbons (Fsp3) is 0.500. The van der Waals surface area contributed by atoms with E-state index in [1.54, 1.807) is 0 Å². The first-order valence-electron chi connectivity index (χ1n) is 8.14. The van der Waals surface area contributed by atoms with E-state index in [9.17, 15) is 33.3 Å². The summed E-state index contributed by atoms with van der Waals surface area (Å²) in [6.07, 6.45) is -1.79. The van der Waals surface area contributed by atoms with Gasteiger partial charge in [-0.3, -0.25) is 13.9 Å². The van der Waals surface area contributed by atoms with Gasteiger partial charge < -0.3 is 29.4 Å². The quantitative estimate of drug-likeness (QED) is 0.262. The summed E-state index contributed by atoms with van der Waals surface area (Å²) >= 11 is 0. The molecule has 5 N–H and O–H groups in total. The zero-order chi connectivity index (χ0) is 23.8. The summed E-state index contributed by atoms with van der Waals surface area (Å²) in [5.74, 6) is 0. The summed E-state index contributed by atoms with van der Waals surface area (Å²) < 4.78 is 52.3. The lowest BCUT2D eigenvalue weighted by atomic mass is 10.2. The van der Waals surface area contributed by atoms with Crippen LogP contribution in [0.4, 0.5) is 0 Å². The molecule has 16 nitrogen and oxygen atoms in total. The second kappa shape index (κ2) is 9.32. The van der Waals surface area contributed by atoms with E-state index < -0.39 is 59.8 Å². The van der Waals surface area contributed by atoms with Gasteiger partial charge in [-0.15, -0.1) is 0 Å². The van der Waals surface area contributed by atoms with Gasteiger partial charge in [-0.1, -0.05) is 6.58 Å². The fourth-order valence-corrected chi connectivity index (χ4v) is 5.62. The molecule has 0 spiro atoms. The molecule has 0 radical (unpaired) electrons. The van der Waals surface area contributed by atoms with Crippen LogP contribution in [0.2, 0.25) is 0 Å². The highest BCUT2D eigenvalue weighted by atomic mass is 31.3. The van der Waals surface area contributed by atoms with Crippen LogP contribution in [0.5, 0.6) is 0 Å². The molecule has 1 aliphatic rings. The second-order valence-electron chi connectivity index (χ2n) is 6.18. The molecule has 1 aromatic rings. The van der Waals surface area contributed by atoms with E-state index in [1.165, 1.54) is 13.1 Å². The summed E-state index contributed by atoms with van der Waals surface area (Å²) in [4.78, 5) is 59.8. The van der Waals surface area contributed by atoms with Crippen molar-refractivity contribution in [1.29, 1.82) is 0 Å². The van der Waals surface area contributed by atoms with Gasteiger partial charge in [0.2, 0.25) is 0 Å². The molecule has 3 unspecified atom stereocenters. The Morgan fingerprint density at radius 2 is 1.81 bits per heavy atom. The number of hydrogen-bond acceptors (Lipinski definition) is 10. The van der Waals surface area contributed by atoms with Crippen molar-refractivity contribution in [2.45, 2.75) is 31.8 Å². The van der Waals surface area contributed by atoms with Gasteiger partial charge in [0.1, 0.15) is 12.3 Å². The van der Waals surface area contributed by atoms with Gasteiger partial charge in [-0.2, -0.15) is 8.62 Å². The fourth-order valence-electron chi connectivity index (χ4n) is 2.59. The topological polar surface area (TPSA) is 233 Å². The third kappa shape index (κ3) is 6.86. The molecule has 0 bridgehead atoms. The molecule has 1 fully saturated rings. The predicted octanol–water partition coefficient (Wildman–Crippen LogP) is -0.589. The minimum absolute atomic E-state index is 0.161. The Balaban J connectivity index is 2.10. The van der Waals surface area contributed by atoms with Gasteiger partial charge in [0.25, 0.3) is 5.56 Å². The van der Waals surface area contributed by atoms with Crippen molar-refractivity contribution >= 4 is 29.7 Å². The molecule has 1 aliphatic heterocycles. The lowest BCUT2D eigenvalue weighted by molar-refractivity contribution is -0.0452. The van der Waals surface area contributed by atoms with Gasteiger partial charge in [0, 0.05) is 24.4 Å². The summed E-state index contributed by atoms with van der Waals surface area (Å²) in [5.41, 5.74) is -1.27. The Morgan fingerprint density at radius 3 is 2.35 bits per heavy atom. The molecule has 1 aromatic heterocycles. The largest absolute Gasteiger partial charge is 0.490 e. The van der Waals surface area contributed by atoms with Gasteiger partial charge >= 0.3 is 29.2 Å². The minimum atomic E-state index is -5.69. The van der Waals surface area contributed by atoms with Crippen molar-refractivity contribution in [2.24, 2.45) is 0 Å². The zero-order valence-electron chi connectivity index (χ0n) is 15.7. The Labute approximate surface area is 173 Å². The maximum absolute atomic E-state index is 12.4. The third-order valence-electron chi connectivity index (χ3n) is 3.83. The van der Waals surface area contributed by atoms with E-state index in [2.05, 4.69) is 19.7 Å². The molecule has 0 aromatic carbocycles. The molecule has 176 valence electrons. The van der Waals surface area contributed by atoms with Gasteiger partial charge in [-0.25, -0.2) is 23.1 Å². The molecule has 2 rings (SSSR count). The number of phosphoric ester groups is 1. The molecule has 19 heteroatoms. The number of phosphoric acid groups is 3.